The number of nitrogens with zero attached hydrogens (tertiary/aromatic N) is 4. The third kappa shape index (κ3) is 12.1. The summed E-state index contributed by atoms with van der Waals surface area (Å²) in [6.45, 7) is 10.7. The Morgan fingerprint density at radius 3 is 2.42 bits per heavy atom. The standard InChI is InChI=1S/C40H58N6O8S/c1-7-27(2)36(42-26-35(47)54-40(3,4)5)38(49)53-30-17-21-45(22-18-30)37(48)28-12-14-29(15-13-28)43-39-41-20-16-34(44-39)46-23-19-31-32(46)10-8-11-33(31)52-24-9-25-55(6,50)51/h8,10-11,16,19-20,23,27-30,36,42H,7,9,12-15,17-18,21-22,24-26H2,1-6H3,(H,41,43,44)/t27-,28?,29?,36-/m1/s1. The van der Waals surface area contributed by atoms with E-state index in [1.807, 2.05) is 59.8 Å². The lowest BCUT2D eigenvalue weighted by atomic mass is 9.85. The number of anilines is 1. The van der Waals surface area contributed by atoms with Gasteiger partial charge in [0.15, 0.2) is 0 Å². The van der Waals surface area contributed by atoms with Crippen LogP contribution in [0.4, 0.5) is 5.95 Å². The predicted octanol–water partition coefficient (Wildman–Crippen LogP) is 5.08. The maximum Gasteiger partial charge on any atom is 0.323 e. The predicted molar refractivity (Wildman–Crippen MR) is 211 cm³/mol. The third-order valence-electron chi connectivity index (χ3n) is 10.3. The van der Waals surface area contributed by atoms with E-state index >= 15 is 0 Å². The summed E-state index contributed by atoms with van der Waals surface area (Å²) in [5, 5.41) is 7.44. The highest BCUT2D eigenvalue weighted by Gasteiger charge is 2.34. The number of hydrogen-bond donors (Lipinski definition) is 2. The molecular weight excluding hydrogens is 725 g/mol. The van der Waals surface area contributed by atoms with E-state index in [4.69, 9.17) is 19.2 Å². The van der Waals surface area contributed by atoms with Crippen LogP contribution in [0.25, 0.3) is 16.7 Å². The molecule has 5 rings (SSSR count). The second-order valence-corrected chi connectivity index (χ2v) is 18.2. The first-order chi connectivity index (χ1) is 26.1. The van der Waals surface area contributed by atoms with Crippen LogP contribution in [0.5, 0.6) is 5.75 Å². The summed E-state index contributed by atoms with van der Waals surface area (Å²) in [5.74, 6) is 1.29. The van der Waals surface area contributed by atoms with Gasteiger partial charge in [0.2, 0.25) is 11.9 Å². The molecule has 0 radical (unpaired) electrons. The van der Waals surface area contributed by atoms with Crippen LogP contribution in [0.1, 0.15) is 86.0 Å². The first kappa shape index (κ1) is 41.9. The molecule has 0 bridgehead atoms. The van der Waals surface area contributed by atoms with Crippen LogP contribution in [0.15, 0.2) is 42.7 Å². The molecule has 1 aromatic carbocycles. The van der Waals surface area contributed by atoms with E-state index in [9.17, 15) is 22.8 Å². The molecule has 0 spiro atoms. The topological polar surface area (TPSA) is 171 Å². The summed E-state index contributed by atoms with van der Waals surface area (Å²) in [6, 6.07) is 9.09. The van der Waals surface area contributed by atoms with Gasteiger partial charge in [-0.3, -0.25) is 19.7 Å². The van der Waals surface area contributed by atoms with Gasteiger partial charge in [-0.2, -0.15) is 4.98 Å². The van der Waals surface area contributed by atoms with Crippen molar-refractivity contribution >= 4 is 44.5 Å². The fraction of sp³-hybridized carbons (Fsp3) is 0.625. The molecule has 2 aromatic heterocycles. The summed E-state index contributed by atoms with van der Waals surface area (Å²) in [4.78, 5) is 50.2. The Bertz CT molecular complexity index is 1880. The third-order valence-corrected chi connectivity index (χ3v) is 11.3. The molecule has 2 aliphatic rings. The molecule has 1 saturated carbocycles. The highest BCUT2D eigenvalue weighted by atomic mass is 32.2. The minimum Gasteiger partial charge on any atom is -0.493 e. The van der Waals surface area contributed by atoms with Crippen LogP contribution in [0, 0.1) is 11.8 Å². The summed E-state index contributed by atoms with van der Waals surface area (Å²) in [6.07, 6.45) is 10.1. The highest BCUT2D eigenvalue weighted by molar-refractivity contribution is 7.90. The Labute approximate surface area is 325 Å². The fourth-order valence-corrected chi connectivity index (χ4v) is 7.84. The Balaban J connectivity index is 1.07. The average molecular weight is 783 g/mol. The van der Waals surface area contributed by atoms with Crippen molar-refractivity contribution in [2.45, 2.75) is 110 Å². The van der Waals surface area contributed by atoms with Crippen LogP contribution in [0.2, 0.25) is 0 Å². The number of amides is 1. The SMILES string of the molecule is CC[C@@H](C)[C@@H](NCC(=O)OC(C)(C)C)C(=O)OC1CCN(C(=O)C2CCC(Nc3nccc(-n4ccc5c(OCCCS(C)(=O)=O)cccc54)n3)CC2)CC1. The van der Waals surface area contributed by atoms with Crippen LogP contribution >= 0.6 is 0 Å². The van der Waals surface area contributed by atoms with Gasteiger partial charge >= 0.3 is 11.9 Å². The van der Waals surface area contributed by atoms with Crippen LogP contribution in [0.3, 0.4) is 0 Å². The van der Waals surface area contributed by atoms with E-state index in [-0.39, 0.29) is 48.2 Å². The highest BCUT2D eigenvalue weighted by Crippen LogP contribution is 2.31. The van der Waals surface area contributed by atoms with Crippen molar-refractivity contribution in [1.29, 1.82) is 0 Å². The van der Waals surface area contributed by atoms with Crippen molar-refractivity contribution in [3.63, 3.8) is 0 Å². The molecule has 1 aliphatic carbocycles. The number of aromatic nitrogens is 3. The average Bonchev–Trinajstić information content (AvgIpc) is 3.58. The molecule has 1 aliphatic heterocycles. The summed E-state index contributed by atoms with van der Waals surface area (Å²) < 4.78 is 42.1. The minimum atomic E-state index is -3.04. The number of benzene rings is 1. The van der Waals surface area contributed by atoms with Gasteiger partial charge in [-0.05, 0) is 83.1 Å². The second kappa shape index (κ2) is 18.6. The van der Waals surface area contributed by atoms with E-state index < -0.39 is 27.4 Å². The van der Waals surface area contributed by atoms with Gasteiger partial charge in [0, 0.05) is 61.9 Å². The second-order valence-electron chi connectivity index (χ2n) is 15.9. The van der Waals surface area contributed by atoms with E-state index in [1.165, 1.54) is 6.26 Å². The van der Waals surface area contributed by atoms with Crippen molar-refractivity contribution < 1.29 is 37.0 Å². The van der Waals surface area contributed by atoms with E-state index in [2.05, 4.69) is 15.6 Å². The number of piperidine rings is 1. The molecule has 3 heterocycles. The largest absolute Gasteiger partial charge is 0.493 e. The Kier molecular flexibility index (Phi) is 14.2. The molecule has 55 heavy (non-hydrogen) atoms. The number of fused-ring (bicyclic) bond motifs is 1. The number of sulfone groups is 1. The summed E-state index contributed by atoms with van der Waals surface area (Å²) >= 11 is 0. The first-order valence-corrected chi connectivity index (χ1v) is 21.6. The molecule has 302 valence electrons. The van der Waals surface area contributed by atoms with Crippen molar-refractivity contribution in [2.75, 3.05) is 43.6 Å². The van der Waals surface area contributed by atoms with Gasteiger partial charge in [0.1, 0.15) is 39.2 Å². The van der Waals surface area contributed by atoms with Crippen molar-refractivity contribution in [3.8, 4) is 11.6 Å². The number of carbonyl (C=O) groups excluding carboxylic acids is 3. The lowest BCUT2D eigenvalue weighted by molar-refractivity contribution is -0.157. The molecule has 2 N–H and O–H groups in total. The van der Waals surface area contributed by atoms with Gasteiger partial charge in [0.25, 0.3) is 0 Å². The van der Waals surface area contributed by atoms with Crippen LogP contribution < -0.4 is 15.4 Å². The normalized spacial score (nSPS) is 19.4. The molecule has 1 amide bonds. The number of likely N-dealkylation sites (tertiary alicyclic amines) is 1. The fourth-order valence-electron chi connectivity index (χ4n) is 7.20. The Morgan fingerprint density at radius 2 is 1.75 bits per heavy atom. The smallest absolute Gasteiger partial charge is 0.323 e. The maximum atomic E-state index is 13.5. The Morgan fingerprint density at radius 1 is 1.02 bits per heavy atom. The van der Waals surface area contributed by atoms with Gasteiger partial charge < -0.3 is 29.0 Å². The molecule has 2 fully saturated rings. The van der Waals surface area contributed by atoms with E-state index in [1.54, 1.807) is 27.0 Å². The molecule has 0 unspecified atom stereocenters. The minimum absolute atomic E-state index is 0.0284. The van der Waals surface area contributed by atoms with Crippen molar-refractivity contribution in [3.05, 3.63) is 42.7 Å². The number of hydrogen-bond acceptors (Lipinski definition) is 12. The number of esters is 2. The van der Waals surface area contributed by atoms with Crippen LogP contribution in [-0.4, -0.2) is 108 Å². The van der Waals surface area contributed by atoms with Gasteiger partial charge in [-0.15, -0.1) is 0 Å². The van der Waals surface area contributed by atoms with E-state index in [0.29, 0.717) is 56.5 Å². The van der Waals surface area contributed by atoms with E-state index in [0.717, 1.165) is 43.0 Å². The van der Waals surface area contributed by atoms with Gasteiger partial charge in [-0.1, -0.05) is 26.3 Å². The lowest BCUT2D eigenvalue weighted by Crippen LogP contribution is -2.49. The molecule has 1 saturated heterocycles. The molecular formula is C40H58N6O8S. The zero-order valence-corrected chi connectivity index (χ0v) is 33.9. The molecule has 2 atom stereocenters. The van der Waals surface area contributed by atoms with Crippen molar-refractivity contribution in [2.24, 2.45) is 11.8 Å². The molecule has 14 nitrogen and oxygen atoms in total. The molecule has 3 aromatic rings. The monoisotopic (exact) mass is 782 g/mol. The van der Waals surface area contributed by atoms with Crippen molar-refractivity contribution in [1.82, 2.24) is 24.8 Å². The maximum absolute atomic E-state index is 13.5. The van der Waals surface area contributed by atoms with Gasteiger partial charge in [-0.25, -0.2) is 13.4 Å². The number of carbonyl (C=O) groups is 3. The van der Waals surface area contributed by atoms with Crippen LogP contribution in [-0.2, 0) is 33.7 Å². The number of ether oxygens (including phenoxy) is 3. The number of rotatable bonds is 16. The lowest BCUT2D eigenvalue weighted by Gasteiger charge is -2.36. The zero-order chi connectivity index (χ0) is 39.8. The number of nitrogens with one attached hydrogen (secondary N) is 2. The summed E-state index contributed by atoms with van der Waals surface area (Å²) in [5.41, 5.74) is 0.306. The zero-order valence-electron chi connectivity index (χ0n) is 33.1. The first-order valence-electron chi connectivity index (χ1n) is 19.5. The Hall–Kier alpha value is -4.24. The van der Waals surface area contributed by atoms with Gasteiger partial charge in [0.05, 0.1) is 24.4 Å². The molecule has 15 heteroatoms. The quantitative estimate of drug-likeness (QED) is 0.146. The summed E-state index contributed by atoms with van der Waals surface area (Å²) in [7, 11) is -3.04.